The van der Waals surface area contributed by atoms with Crippen molar-refractivity contribution in [1.29, 1.82) is 0 Å². The number of nitrogens with two attached hydrogens (primary N) is 2. The number of aromatic nitrogens is 1. The second-order valence-corrected chi connectivity index (χ2v) is 3.12. The number of pyridine rings is 1. The van der Waals surface area contributed by atoms with Crippen molar-refractivity contribution in [3.8, 4) is 0 Å². The summed E-state index contributed by atoms with van der Waals surface area (Å²) in [5.74, 6) is 0.514. The van der Waals surface area contributed by atoms with Gasteiger partial charge in [-0.25, -0.2) is 4.98 Å². The Labute approximate surface area is 78.5 Å². The fourth-order valence-corrected chi connectivity index (χ4v) is 1.21. The van der Waals surface area contributed by atoms with Gasteiger partial charge in [0.25, 0.3) is 0 Å². The summed E-state index contributed by atoms with van der Waals surface area (Å²) in [7, 11) is 0. The topological polar surface area (TPSA) is 64.9 Å². The van der Waals surface area contributed by atoms with Crippen LogP contribution in [-0.2, 0) is 0 Å². The Hall–Kier alpha value is -1.35. The molecule has 0 aliphatic heterocycles. The third-order valence-electron chi connectivity index (χ3n) is 1.91. The first kappa shape index (κ1) is 9.74. The number of nitrogen functional groups attached to an aromatic ring is 1. The van der Waals surface area contributed by atoms with Crippen molar-refractivity contribution in [2.45, 2.75) is 19.4 Å². The molecule has 4 N–H and O–H groups in total. The molecule has 0 saturated heterocycles. The predicted molar refractivity (Wildman–Crippen MR) is 55.1 cm³/mol. The number of aryl methyl sites for hydroxylation is 1. The highest BCUT2D eigenvalue weighted by molar-refractivity contribution is 5.42. The van der Waals surface area contributed by atoms with Gasteiger partial charge in [-0.2, -0.15) is 0 Å². The summed E-state index contributed by atoms with van der Waals surface area (Å²) in [6.45, 7) is 5.61. The maximum absolute atomic E-state index is 5.88. The summed E-state index contributed by atoms with van der Waals surface area (Å²) in [4.78, 5) is 4.05. The summed E-state index contributed by atoms with van der Waals surface area (Å²) < 4.78 is 0. The average molecular weight is 177 g/mol. The summed E-state index contributed by atoms with van der Waals surface area (Å²) in [6, 6.07) is 1.88. The lowest BCUT2D eigenvalue weighted by Gasteiger charge is -2.11. The number of rotatable bonds is 3. The van der Waals surface area contributed by atoms with Crippen molar-refractivity contribution in [3.63, 3.8) is 0 Å². The van der Waals surface area contributed by atoms with Crippen LogP contribution in [0.5, 0.6) is 0 Å². The van der Waals surface area contributed by atoms with Crippen LogP contribution in [0.15, 0.2) is 24.9 Å². The van der Waals surface area contributed by atoms with Crippen LogP contribution in [0.2, 0.25) is 0 Å². The fraction of sp³-hybridized carbons (Fsp3) is 0.300. The second kappa shape index (κ2) is 4.05. The smallest absolute Gasteiger partial charge is 0.128 e. The van der Waals surface area contributed by atoms with Crippen LogP contribution in [0.3, 0.4) is 0 Å². The van der Waals surface area contributed by atoms with E-state index in [1.54, 1.807) is 12.3 Å². The summed E-state index contributed by atoms with van der Waals surface area (Å²) in [5, 5.41) is 0. The van der Waals surface area contributed by atoms with Gasteiger partial charge in [0.15, 0.2) is 0 Å². The van der Waals surface area contributed by atoms with Crippen LogP contribution >= 0.6 is 0 Å². The molecule has 0 aliphatic rings. The molecule has 1 aromatic rings. The maximum Gasteiger partial charge on any atom is 0.128 e. The van der Waals surface area contributed by atoms with Gasteiger partial charge in [0.05, 0.1) is 0 Å². The molecule has 1 unspecified atom stereocenters. The number of hydrogen-bond donors (Lipinski definition) is 2. The molecular weight excluding hydrogens is 162 g/mol. The monoisotopic (exact) mass is 177 g/mol. The van der Waals surface area contributed by atoms with Crippen molar-refractivity contribution in [1.82, 2.24) is 4.98 Å². The zero-order chi connectivity index (χ0) is 9.84. The van der Waals surface area contributed by atoms with E-state index in [9.17, 15) is 0 Å². The number of hydrogen-bond acceptors (Lipinski definition) is 3. The van der Waals surface area contributed by atoms with Crippen LogP contribution in [-0.4, -0.2) is 4.98 Å². The quantitative estimate of drug-likeness (QED) is 0.688. The minimum Gasteiger partial charge on any atom is -0.383 e. The van der Waals surface area contributed by atoms with Crippen molar-refractivity contribution in [2.24, 2.45) is 5.73 Å². The molecule has 0 radical (unpaired) electrons. The van der Waals surface area contributed by atoms with E-state index < -0.39 is 0 Å². The van der Waals surface area contributed by atoms with E-state index in [1.165, 1.54) is 0 Å². The van der Waals surface area contributed by atoms with E-state index in [0.29, 0.717) is 5.82 Å². The van der Waals surface area contributed by atoms with Crippen LogP contribution in [0.25, 0.3) is 0 Å². The van der Waals surface area contributed by atoms with Crippen LogP contribution < -0.4 is 11.5 Å². The summed E-state index contributed by atoms with van der Waals surface area (Å²) >= 11 is 0. The molecule has 0 aliphatic carbocycles. The molecular formula is C10H15N3. The Balaban J connectivity index is 2.97. The van der Waals surface area contributed by atoms with Gasteiger partial charge in [-0.05, 0) is 25.0 Å². The van der Waals surface area contributed by atoms with Crippen LogP contribution in [0.1, 0.15) is 23.6 Å². The fourth-order valence-electron chi connectivity index (χ4n) is 1.21. The minimum absolute atomic E-state index is 0.0927. The molecule has 0 spiro atoms. The van der Waals surface area contributed by atoms with E-state index in [2.05, 4.69) is 11.6 Å². The zero-order valence-corrected chi connectivity index (χ0v) is 7.83. The van der Waals surface area contributed by atoms with Gasteiger partial charge >= 0.3 is 0 Å². The normalized spacial score (nSPS) is 12.5. The number of anilines is 1. The first-order valence-electron chi connectivity index (χ1n) is 4.23. The maximum atomic E-state index is 5.88. The van der Waals surface area contributed by atoms with Gasteiger partial charge in [-0.15, -0.1) is 6.58 Å². The highest BCUT2D eigenvalue weighted by Gasteiger charge is 2.08. The molecule has 0 bridgehead atoms. The zero-order valence-electron chi connectivity index (χ0n) is 7.83. The summed E-state index contributed by atoms with van der Waals surface area (Å²) in [5.41, 5.74) is 13.6. The van der Waals surface area contributed by atoms with Crippen molar-refractivity contribution in [3.05, 3.63) is 36.0 Å². The third-order valence-corrected chi connectivity index (χ3v) is 1.91. The molecule has 0 saturated carbocycles. The van der Waals surface area contributed by atoms with Crippen LogP contribution in [0, 0.1) is 6.92 Å². The Morgan fingerprint density at radius 1 is 1.69 bits per heavy atom. The lowest BCUT2D eigenvalue weighted by Crippen LogP contribution is -2.12. The molecule has 0 fully saturated rings. The Morgan fingerprint density at radius 3 is 3.00 bits per heavy atom. The number of nitrogens with zero attached hydrogens (tertiary/aromatic N) is 1. The Bertz CT molecular complexity index is 307. The largest absolute Gasteiger partial charge is 0.383 e. The molecule has 1 aromatic heterocycles. The second-order valence-electron chi connectivity index (χ2n) is 3.12. The van der Waals surface area contributed by atoms with Gasteiger partial charge in [0.2, 0.25) is 0 Å². The SMILES string of the molecule is C=CCC(N)c1cc(C)cnc1N. The molecule has 0 aromatic carbocycles. The first-order chi connectivity index (χ1) is 6.15. The van der Waals surface area contributed by atoms with E-state index in [4.69, 9.17) is 11.5 Å². The molecule has 1 heterocycles. The van der Waals surface area contributed by atoms with Crippen molar-refractivity contribution < 1.29 is 0 Å². The lowest BCUT2D eigenvalue weighted by molar-refractivity contribution is 0.739. The van der Waals surface area contributed by atoms with E-state index >= 15 is 0 Å². The molecule has 70 valence electrons. The van der Waals surface area contributed by atoms with Gasteiger partial charge in [-0.3, -0.25) is 0 Å². The highest BCUT2D eigenvalue weighted by atomic mass is 14.8. The van der Waals surface area contributed by atoms with Gasteiger partial charge in [0, 0.05) is 17.8 Å². The van der Waals surface area contributed by atoms with Crippen LogP contribution in [0.4, 0.5) is 5.82 Å². The molecule has 13 heavy (non-hydrogen) atoms. The van der Waals surface area contributed by atoms with Crippen molar-refractivity contribution in [2.75, 3.05) is 5.73 Å². The van der Waals surface area contributed by atoms with Gasteiger partial charge in [-0.1, -0.05) is 6.08 Å². The minimum atomic E-state index is -0.0927. The highest BCUT2D eigenvalue weighted by Crippen LogP contribution is 2.20. The molecule has 3 nitrogen and oxygen atoms in total. The Morgan fingerprint density at radius 2 is 2.38 bits per heavy atom. The molecule has 1 rings (SSSR count). The summed E-state index contributed by atoms with van der Waals surface area (Å²) in [6.07, 6.45) is 4.24. The molecule has 0 amide bonds. The molecule has 3 heteroatoms. The predicted octanol–water partition coefficient (Wildman–Crippen LogP) is 1.55. The van der Waals surface area contributed by atoms with E-state index in [-0.39, 0.29) is 6.04 Å². The average Bonchev–Trinajstić information content (AvgIpc) is 2.09. The van der Waals surface area contributed by atoms with E-state index in [1.807, 2.05) is 13.0 Å². The lowest BCUT2D eigenvalue weighted by atomic mass is 10.0. The van der Waals surface area contributed by atoms with Crippen molar-refractivity contribution >= 4 is 5.82 Å². The van der Waals surface area contributed by atoms with Gasteiger partial charge in [0.1, 0.15) is 5.82 Å². The third kappa shape index (κ3) is 2.29. The Kier molecular flexibility index (Phi) is 3.03. The van der Waals surface area contributed by atoms with Gasteiger partial charge < -0.3 is 11.5 Å². The molecule has 1 atom stereocenters. The van der Waals surface area contributed by atoms with E-state index in [0.717, 1.165) is 17.5 Å². The first-order valence-corrected chi connectivity index (χ1v) is 4.23. The standard InChI is InChI=1S/C10H15N3/c1-3-4-9(11)8-5-7(2)6-13-10(8)12/h3,5-6,9H,1,4,11H2,2H3,(H2,12,13).